The van der Waals surface area contributed by atoms with Crippen molar-refractivity contribution in [1.82, 2.24) is 5.48 Å². The summed E-state index contributed by atoms with van der Waals surface area (Å²) in [5, 5.41) is 8.71. The zero-order valence-corrected chi connectivity index (χ0v) is 7.56. The van der Waals surface area contributed by atoms with E-state index in [1.807, 2.05) is 0 Å². The number of para-hydroxylation sites is 1. The second kappa shape index (κ2) is 3.55. The van der Waals surface area contributed by atoms with Gasteiger partial charge in [0.15, 0.2) is 0 Å². The van der Waals surface area contributed by atoms with Crippen LogP contribution in [0.1, 0.15) is 10.4 Å². The molecule has 1 amide bonds. The average Bonchev–Trinajstić information content (AvgIpc) is 2.29. The molecule has 0 aliphatic heterocycles. The lowest BCUT2D eigenvalue weighted by molar-refractivity contribution is 0.0703. The molecule has 1 aromatic carbocycles. The first-order chi connectivity index (χ1) is 7.24. The van der Waals surface area contributed by atoms with Gasteiger partial charge in [0, 0.05) is 0 Å². The summed E-state index contributed by atoms with van der Waals surface area (Å²) in [5.41, 5.74) is 1.09. The normalized spacial score (nSPS) is 10.2. The second-order valence-electron chi connectivity index (χ2n) is 2.92. The van der Waals surface area contributed by atoms with Crippen LogP contribution in [0.15, 0.2) is 39.7 Å². The van der Waals surface area contributed by atoms with Crippen molar-refractivity contribution < 1.29 is 14.4 Å². The maximum absolute atomic E-state index is 11.7. The lowest BCUT2D eigenvalue weighted by atomic mass is 10.2. The van der Waals surface area contributed by atoms with E-state index in [-0.39, 0.29) is 5.56 Å². The Morgan fingerprint density at radius 1 is 1.33 bits per heavy atom. The molecule has 0 radical (unpaired) electrons. The van der Waals surface area contributed by atoms with Crippen molar-refractivity contribution >= 4 is 16.9 Å². The Hall–Kier alpha value is -2.14. The average molecular weight is 205 g/mol. The lowest BCUT2D eigenvalue weighted by Gasteiger charge is -1.99. The molecule has 0 unspecified atom stereocenters. The van der Waals surface area contributed by atoms with Gasteiger partial charge in [0.05, 0.1) is 5.39 Å². The molecule has 2 aromatic rings. The molecule has 0 bridgehead atoms. The summed E-state index contributed by atoms with van der Waals surface area (Å²) in [6.07, 6.45) is 1.02. The van der Waals surface area contributed by atoms with E-state index in [1.54, 1.807) is 24.3 Å². The van der Waals surface area contributed by atoms with Crippen LogP contribution in [0.5, 0.6) is 0 Å². The Morgan fingerprint density at radius 2 is 2.07 bits per heavy atom. The molecule has 0 spiro atoms. The predicted molar refractivity (Wildman–Crippen MR) is 51.7 cm³/mol. The van der Waals surface area contributed by atoms with Gasteiger partial charge in [-0.05, 0) is 12.1 Å². The lowest BCUT2D eigenvalue weighted by Crippen LogP contribution is -2.25. The molecule has 0 saturated carbocycles. The van der Waals surface area contributed by atoms with Gasteiger partial charge < -0.3 is 4.42 Å². The van der Waals surface area contributed by atoms with Crippen molar-refractivity contribution in [2.75, 3.05) is 0 Å². The van der Waals surface area contributed by atoms with E-state index in [0.717, 1.165) is 6.26 Å². The molecule has 0 atom stereocenters. The molecule has 76 valence electrons. The van der Waals surface area contributed by atoms with Crippen LogP contribution in [0, 0.1) is 0 Å². The molecule has 0 aliphatic carbocycles. The number of hydrogen-bond donors (Lipinski definition) is 2. The van der Waals surface area contributed by atoms with E-state index in [1.165, 1.54) is 5.48 Å². The summed E-state index contributed by atoms with van der Waals surface area (Å²) >= 11 is 0. The number of carbonyl (C=O) groups excluding carboxylic acids is 1. The molecule has 5 nitrogen and oxygen atoms in total. The highest BCUT2D eigenvalue weighted by Crippen LogP contribution is 2.09. The van der Waals surface area contributed by atoms with Crippen LogP contribution in [0.2, 0.25) is 0 Å². The number of rotatable bonds is 1. The summed E-state index contributed by atoms with van der Waals surface area (Å²) in [7, 11) is 0. The van der Waals surface area contributed by atoms with Crippen molar-refractivity contribution in [3.05, 3.63) is 46.3 Å². The van der Waals surface area contributed by atoms with Crippen LogP contribution in [0.3, 0.4) is 0 Å². The molecule has 1 heterocycles. The van der Waals surface area contributed by atoms with Gasteiger partial charge in [0.1, 0.15) is 17.4 Å². The highest BCUT2D eigenvalue weighted by Gasteiger charge is 2.12. The van der Waals surface area contributed by atoms with Gasteiger partial charge in [-0.3, -0.25) is 14.8 Å². The quantitative estimate of drug-likeness (QED) is 0.535. The fraction of sp³-hybridized carbons (Fsp3) is 0. The molecule has 1 aromatic heterocycles. The summed E-state index contributed by atoms with van der Waals surface area (Å²) in [5.74, 6) is -0.880. The number of nitrogens with one attached hydrogen (secondary N) is 1. The third-order valence-electron chi connectivity index (χ3n) is 2.03. The van der Waals surface area contributed by atoms with Crippen LogP contribution in [0.25, 0.3) is 11.0 Å². The summed E-state index contributed by atoms with van der Waals surface area (Å²) in [6.45, 7) is 0. The van der Waals surface area contributed by atoms with Crippen molar-refractivity contribution in [1.29, 1.82) is 0 Å². The van der Waals surface area contributed by atoms with Crippen LogP contribution >= 0.6 is 0 Å². The van der Waals surface area contributed by atoms with Gasteiger partial charge in [0.25, 0.3) is 5.91 Å². The first kappa shape index (κ1) is 9.42. The predicted octanol–water partition coefficient (Wildman–Crippen LogP) is 0.912. The maximum Gasteiger partial charge on any atom is 0.281 e. The highest BCUT2D eigenvalue weighted by atomic mass is 16.5. The topological polar surface area (TPSA) is 79.5 Å². The third-order valence-corrected chi connectivity index (χ3v) is 2.03. The van der Waals surface area contributed by atoms with Crippen LogP contribution in [-0.4, -0.2) is 11.1 Å². The van der Waals surface area contributed by atoms with E-state index < -0.39 is 11.3 Å². The number of hydroxylamine groups is 1. The van der Waals surface area contributed by atoms with Crippen LogP contribution < -0.4 is 10.9 Å². The van der Waals surface area contributed by atoms with Gasteiger partial charge in [-0.1, -0.05) is 12.1 Å². The van der Waals surface area contributed by atoms with Crippen LogP contribution in [0.4, 0.5) is 0 Å². The molecule has 0 aliphatic rings. The number of hydrogen-bond acceptors (Lipinski definition) is 4. The minimum absolute atomic E-state index is 0.226. The number of amides is 1. The zero-order valence-electron chi connectivity index (χ0n) is 7.56. The molecule has 2 rings (SSSR count). The zero-order chi connectivity index (χ0) is 10.8. The Labute approximate surface area is 83.9 Å². The second-order valence-corrected chi connectivity index (χ2v) is 2.92. The standard InChI is InChI=1S/C10H7NO4/c12-9-6-3-1-2-4-8(6)15-5-7(9)10(13)11-14/h1-5,14H,(H,11,13). The van der Waals surface area contributed by atoms with Gasteiger partial charge >= 0.3 is 0 Å². The van der Waals surface area contributed by atoms with Crippen molar-refractivity contribution in [3.8, 4) is 0 Å². The van der Waals surface area contributed by atoms with E-state index in [2.05, 4.69) is 0 Å². The molecule has 2 N–H and O–H groups in total. The summed E-state index contributed by atoms with van der Waals surface area (Å²) in [4.78, 5) is 22.8. The van der Waals surface area contributed by atoms with E-state index in [9.17, 15) is 9.59 Å². The number of benzene rings is 1. The Morgan fingerprint density at radius 3 is 2.80 bits per heavy atom. The number of carbonyl (C=O) groups is 1. The van der Waals surface area contributed by atoms with Gasteiger partial charge in [0.2, 0.25) is 5.43 Å². The highest BCUT2D eigenvalue weighted by molar-refractivity contribution is 5.95. The third kappa shape index (κ3) is 1.49. The van der Waals surface area contributed by atoms with Gasteiger partial charge in [-0.2, -0.15) is 0 Å². The first-order valence-corrected chi connectivity index (χ1v) is 4.19. The van der Waals surface area contributed by atoms with Gasteiger partial charge in [-0.25, -0.2) is 5.48 Å². The molecule has 5 heteroatoms. The maximum atomic E-state index is 11.7. The first-order valence-electron chi connectivity index (χ1n) is 4.19. The van der Waals surface area contributed by atoms with E-state index in [0.29, 0.717) is 11.0 Å². The SMILES string of the molecule is O=C(NO)c1coc2ccccc2c1=O. The molecular formula is C10H7NO4. The van der Waals surface area contributed by atoms with Crippen molar-refractivity contribution in [3.63, 3.8) is 0 Å². The minimum atomic E-state index is -0.880. The summed E-state index contributed by atoms with van der Waals surface area (Å²) < 4.78 is 5.07. The fourth-order valence-electron chi connectivity index (χ4n) is 1.29. The largest absolute Gasteiger partial charge is 0.463 e. The van der Waals surface area contributed by atoms with Crippen molar-refractivity contribution in [2.24, 2.45) is 0 Å². The smallest absolute Gasteiger partial charge is 0.281 e. The minimum Gasteiger partial charge on any atom is -0.463 e. The molecule has 0 saturated heterocycles. The molecular weight excluding hydrogens is 198 g/mol. The van der Waals surface area contributed by atoms with Gasteiger partial charge in [-0.15, -0.1) is 0 Å². The fourth-order valence-corrected chi connectivity index (χ4v) is 1.29. The molecule has 15 heavy (non-hydrogen) atoms. The van der Waals surface area contributed by atoms with Crippen LogP contribution in [-0.2, 0) is 0 Å². The van der Waals surface area contributed by atoms with E-state index in [4.69, 9.17) is 9.62 Å². The Balaban J connectivity index is 2.76. The van der Waals surface area contributed by atoms with E-state index >= 15 is 0 Å². The number of fused-ring (bicyclic) bond motifs is 1. The van der Waals surface area contributed by atoms with Crippen molar-refractivity contribution in [2.45, 2.75) is 0 Å². The summed E-state index contributed by atoms with van der Waals surface area (Å²) in [6, 6.07) is 6.56. The Bertz CT molecular complexity index is 573. The Kier molecular flexibility index (Phi) is 2.23. The molecule has 0 fully saturated rings. The monoisotopic (exact) mass is 205 g/mol.